The van der Waals surface area contributed by atoms with Gasteiger partial charge in [-0.25, -0.2) is 0 Å². The highest BCUT2D eigenvalue weighted by Crippen LogP contribution is 2.37. The zero-order valence-corrected chi connectivity index (χ0v) is 12.7. The van der Waals surface area contributed by atoms with E-state index in [0.717, 1.165) is 24.8 Å². The van der Waals surface area contributed by atoms with Crippen molar-refractivity contribution in [2.75, 3.05) is 6.54 Å². The van der Waals surface area contributed by atoms with Gasteiger partial charge in [-0.05, 0) is 37.1 Å². The highest BCUT2D eigenvalue weighted by Gasteiger charge is 2.26. The van der Waals surface area contributed by atoms with Crippen LogP contribution < -0.4 is 5.32 Å². The fraction of sp³-hybridized carbons (Fsp3) is 0.600. The molecule has 0 saturated heterocycles. The maximum Gasteiger partial charge on any atom is 0.227 e. The molecule has 0 amide bonds. The quantitative estimate of drug-likeness (QED) is 0.885. The van der Waals surface area contributed by atoms with E-state index in [4.69, 9.17) is 4.52 Å². The van der Waals surface area contributed by atoms with Crippen LogP contribution in [-0.4, -0.2) is 16.7 Å². The van der Waals surface area contributed by atoms with Gasteiger partial charge in [-0.2, -0.15) is 4.98 Å². The summed E-state index contributed by atoms with van der Waals surface area (Å²) in [5.41, 5.74) is 0. The fourth-order valence-electron chi connectivity index (χ4n) is 3.03. The van der Waals surface area contributed by atoms with E-state index in [2.05, 4.69) is 33.0 Å². The fourth-order valence-corrected chi connectivity index (χ4v) is 3.93. The minimum Gasteiger partial charge on any atom is -0.339 e. The second-order valence-electron chi connectivity index (χ2n) is 5.48. The molecule has 0 spiro atoms. The third kappa shape index (κ3) is 3.27. The van der Waals surface area contributed by atoms with Crippen molar-refractivity contribution in [1.29, 1.82) is 0 Å². The third-order valence-corrected chi connectivity index (χ3v) is 4.95. The number of rotatable bonds is 6. The van der Waals surface area contributed by atoms with Gasteiger partial charge in [0.05, 0.1) is 0 Å². The molecule has 1 atom stereocenters. The summed E-state index contributed by atoms with van der Waals surface area (Å²) in [5, 5.41) is 9.70. The number of hydrogen-bond donors (Lipinski definition) is 1. The van der Waals surface area contributed by atoms with Gasteiger partial charge in [0.2, 0.25) is 5.89 Å². The molecule has 1 aliphatic carbocycles. The molecule has 3 rings (SSSR count). The maximum absolute atomic E-state index is 5.16. The van der Waals surface area contributed by atoms with Crippen LogP contribution in [0.5, 0.6) is 0 Å². The van der Waals surface area contributed by atoms with Gasteiger partial charge >= 0.3 is 0 Å². The summed E-state index contributed by atoms with van der Waals surface area (Å²) in [6.07, 6.45) is 6.23. The van der Waals surface area contributed by atoms with E-state index in [9.17, 15) is 0 Å². The van der Waals surface area contributed by atoms with Crippen LogP contribution in [0, 0.1) is 12.8 Å². The first-order chi connectivity index (χ1) is 9.83. The summed E-state index contributed by atoms with van der Waals surface area (Å²) in [6, 6.07) is 4.88. The Bertz CT molecular complexity index is 517. The Labute approximate surface area is 123 Å². The molecule has 1 N–H and O–H groups in total. The van der Waals surface area contributed by atoms with E-state index in [0.29, 0.717) is 11.9 Å². The lowest BCUT2D eigenvalue weighted by molar-refractivity contribution is 0.347. The topological polar surface area (TPSA) is 51.0 Å². The van der Waals surface area contributed by atoms with Crippen molar-refractivity contribution >= 4 is 11.3 Å². The van der Waals surface area contributed by atoms with Crippen LogP contribution in [0.1, 0.15) is 48.3 Å². The molecule has 4 nitrogen and oxygen atoms in total. The lowest BCUT2D eigenvalue weighted by Gasteiger charge is -2.23. The molecule has 1 fully saturated rings. The van der Waals surface area contributed by atoms with E-state index in [-0.39, 0.29) is 0 Å². The van der Waals surface area contributed by atoms with Gasteiger partial charge in [0, 0.05) is 23.9 Å². The molecule has 0 aromatic carbocycles. The van der Waals surface area contributed by atoms with E-state index in [1.165, 1.54) is 30.6 Å². The van der Waals surface area contributed by atoms with Crippen molar-refractivity contribution in [3.05, 3.63) is 34.1 Å². The number of thiophene rings is 1. The van der Waals surface area contributed by atoms with Crippen molar-refractivity contribution in [3.63, 3.8) is 0 Å². The Balaban J connectivity index is 1.58. The Morgan fingerprint density at radius 2 is 2.30 bits per heavy atom. The maximum atomic E-state index is 5.16. The van der Waals surface area contributed by atoms with Crippen LogP contribution in [0.3, 0.4) is 0 Å². The average Bonchev–Trinajstić information content (AvgIpc) is 3.18. The van der Waals surface area contributed by atoms with Crippen molar-refractivity contribution in [1.82, 2.24) is 15.5 Å². The van der Waals surface area contributed by atoms with E-state index in [1.54, 1.807) is 0 Å². The largest absolute Gasteiger partial charge is 0.339 e. The van der Waals surface area contributed by atoms with Crippen molar-refractivity contribution < 1.29 is 4.52 Å². The Hall–Kier alpha value is -1.20. The summed E-state index contributed by atoms with van der Waals surface area (Å²) in [4.78, 5) is 5.71. The van der Waals surface area contributed by atoms with Crippen LogP contribution in [-0.2, 0) is 6.42 Å². The zero-order valence-electron chi connectivity index (χ0n) is 11.8. The van der Waals surface area contributed by atoms with Crippen molar-refractivity contribution in [2.24, 2.45) is 5.92 Å². The second-order valence-corrected chi connectivity index (χ2v) is 6.46. The molecular formula is C15H21N3OS. The van der Waals surface area contributed by atoms with Gasteiger partial charge in [-0.3, -0.25) is 0 Å². The van der Waals surface area contributed by atoms with Gasteiger partial charge in [0.25, 0.3) is 0 Å². The van der Waals surface area contributed by atoms with Gasteiger partial charge in [-0.1, -0.05) is 24.1 Å². The lowest BCUT2D eigenvalue weighted by Crippen LogP contribution is -2.28. The van der Waals surface area contributed by atoms with Crippen LogP contribution >= 0.6 is 11.3 Å². The normalized spacial score (nSPS) is 17.6. The van der Waals surface area contributed by atoms with Crippen molar-refractivity contribution in [2.45, 2.75) is 45.1 Å². The van der Waals surface area contributed by atoms with Gasteiger partial charge in [0.1, 0.15) is 0 Å². The summed E-state index contributed by atoms with van der Waals surface area (Å²) in [5.74, 6) is 2.22. The average molecular weight is 291 g/mol. The molecule has 108 valence electrons. The van der Waals surface area contributed by atoms with Gasteiger partial charge in [-0.15, -0.1) is 11.3 Å². The molecular weight excluding hydrogens is 270 g/mol. The molecule has 2 aromatic rings. The minimum absolute atomic E-state index is 0.488. The molecule has 0 bridgehead atoms. The van der Waals surface area contributed by atoms with E-state index < -0.39 is 0 Å². The van der Waals surface area contributed by atoms with Crippen molar-refractivity contribution in [3.8, 4) is 0 Å². The first-order valence-electron chi connectivity index (χ1n) is 7.39. The number of aryl methyl sites for hydroxylation is 1. The van der Waals surface area contributed by atoms with Gasteiger partial charge in [0.15, 0.2) is 5.82 Å². The Morgan fingerprint density at radius 1 is 1.45 bits per heavy atom. The summed E-state index contributed by atoms with van der Waals surface area (Å²) in [6.45, 7) is 2.74. The standard InChI is InChI=1S/C15H21N3OS/c1-11-17-14(19-18-11)8-9-16-15(12-5-2-3-6-12)13-7-4-10-20-13/h4,7,10,12,15-16H,2-3,5-6,8-9H2,1H3. The van der Waals surface area contributed by atoms with E-state index >= 15 is 0 Å². The highest BCUT2D eigenvalue weighted by atomic mass is 32.1. The number of nitrogens with one attached hydrogen (secondary N) is 1. The smallest absolute Gasteiger partial charge is 0.227 e. The molecule has 1 saturated carbocycles. The molecule has 2 aromatic heterocycles. The number of nitrogens with zero attached hydrogens (tertiary/aromatic N) is 2. The summed E-state index contributed by atoms with van der Waals surface area (Å²) in [7, 11) is 0. The van der Waals surface area contributed by atoms with Crippen LogP contribution in [0.25, 0.3) is 0 Å². The van der Waals surface area contributed by atoms with Crippen LogP contribution in [0.4, 0.5) is 0 Å². The molecule has 0 radical (unpaired) electrons. The Morgan fingerprint density at radius 3 is 2.95 bits per heavy atom. The molecule has 1 aliphatic rings. The highest BCUT2D eigenvalue weighted by molar-refractivity contribution is 7.10. The minimum atomic E-state index is 0.488. The third-order valence-electron chi connectivity index (χ3n) is 3.99. The monoisotopic (exact) mass is 291 g/mol. The predicted molar refractivity (Wildman–Crippen MR) is 79.8 cm³/mol. The van der Waals surface area contributed by atoms with E-state index in [1.807, 2.05) is 18.3 Å². The number of hydrogen-bond acceptors (Lipinski definition) is 5. The summed E-state index contributed by atoms with van der Waals surface area (Å²) >= 11 is 1.85. The molecule has 2 heterocycles. The molecule has 20 heavy (non-hydrogen) atoms. The molecule has 0 aliphatic heterocycles. The zero-order chi connectivity index (χ0) is 13.8. The van der Waals surface area contributed by atoms with Crippen LogP contribution in [0.2, 0.25) is 0 Å². The van der Waals surface area contributed by atoms with Crippen LogP contribution in [0.15, 0.2) is 22.0 Å². The molecule has 5 heteroatoms. The first-order valence-corrected chi connectivity index (χ1v) is 8.27. The molecule has 1 unspecified atom stereocenters. The predicted octanol–water partition coefficient (Wildman–Crippen LogP) is 3.50. The lowest BCUT2D eigenvalue weighted by atomic mass is 9.96. The SMILES string of the molecule is Cc1noc(CCNC(c2cccs2)C2CCCC2)n1. The van der Waals surface area contributed by atoms with Gasteiger partial charge < -0.3 is 9.84 Å². The first kappa shape index (κ1) is 13.8. The second kappa shape index (κ2) is 6.50. The summed E-state index contributed by atoms with van der Waals surface area (Å²) < 4.78 is 5.16. The number of aromatic nitrogens is 2. The Kier molecular flexibility index (Phi) is 4.47.